The molecule has 0 fully saturated rings. The van der Waals surface area contributed by atoms with Gasteiger partial charge in [-0.05, 0) is 43.3 Å². The minimum Gasteiger partial charge on any atom is -0.490 e. The summed E-state index contributed by atoms with van der Waals surface area (Å²) in [6.45, 7) is 6.88. The highest BCUT2D eigenvalue weighted by Gasteiger charge is 1.98. The molecule has 21 heavy (non-hydrogen) atoms. The summed E-state index contributed by atoms with van der Waals surface area (Å²) in [4.78, 5) is 4.18. The van der Waals surface area contributed by atoms with E-state index in [0.717, 1.165) is 30.3 Å². The first-order valence-corrected chi connectivity index (χ1v) is 7.26. The van der Waals surface area contributed by atoms with Crippen LogP contribution in [0.3, 0.4) is 0 Å². The molecule has 0 aliphatic rings. The summed E-state index contributed by atoms with van der Waals surface area (Å²) in [5, 5.41) is 3.30. The standard InChI is InChI=1S/C17H22N2O2/c1-3-18-12-15-5-4-6-16(11-15)20-9-10-21-17-8-7-14(2)19-13-17/h4-8,11,13,18H,3,9-10,12H2,1-2H3. The lowest BCUT2D eigenvalue weighted by atomic mass is 10.2. The molecule has 4 nitrogen and oxygen atoms in total. The molecule has 2 rings (SSSR count). The topological polar surface area (TPSA) is 43.4 Å². The molecule has 112 valence electrons. The van der Waals surface area contributed by atoms with E-state index in [1.165, 1.54) is 5.56 Å². The predicted octanol–water partition coefficient (Wildman–Crippen LogP) is 2.96. The van der Waals surface area contributed by atoms with Crippen LogP contribution in [0.25, 0.3) is 0 Å². The van der Waals surface area contributed by atoms with Crippen LogP contribution < -0.4 is 14.8 Å². The zero-order chi connectivity index (χ0) is 14.9. The molecule has 2 aromatic rings. The lowest BCUT2D eigenvalue weighted by molar-refractivity contribution is 0.216. The minimum atomic E-state index is 0.502. The fourth-order valence-electron chi connectivity index (χ4n) is 1.87. The number of pyridine rings is 1. The fraction of sp³-hybridized carbons (Fsp3) is 0.353. The van der Waals surface area contributed by atoms with Crippen LogP contribution in [0.4, 0.5) is 0 Å². The van der Waals surface area contributed by atoms with Crippen molar-refractivity contribution < 1.29 is 9.47 Å². The van der Waals surface area contributed by atoms with Gasteiger partial charge in [0.05, 0.1) is 6.20 Å². The average molecular weight is 286 g/mol. The van der Waals surface area contributed by atoms with Gasteiger partial charge >= 0.3 is 0 Å². The molecule has 1 aromatic carbocycles. The van der Waals surface area contributed by atoms with Crippen LogP contribution in [0.15, 0.2) is 42.6 Å². The van der Waals surface area contributed by atoms with Crippen molar-refractivity contribution in [1.82, 2.24) is 10.3 Å². The third-order valence-electron chi connectivity index (χ3n) is 2.98. The van der Waals surface area contributed by atoms with E-state index in [2.05, 4.69) is 29.4 Å². The Bertz CT molecular complexity index is 541. The van der Waals surface area contributed by atoms with Gasteiger partial charge in [0.25, 0.3) is 0 Å². The number of ether oxygens (including phenoxy) is 2. The predicted molar refractivity (Wildman–Crippen MR) is 83.8 cm³/mol. The van der Waals surface area contributed by atoms with Gasteiger partial charge in [-0.25, -0.2) is 0 Å². The number of aryl methyl sites for hydroxylation is 1. The van der Waals surface area contributed by atoms with Crippen molar-refractivity contribution in [2.24, 2.45) is 0 Å². The second-order valence-corrected chi connectivity index (χ2v) is 4.76. The minimum absolute atomic E-state index is 0.502. The van der Waals surface area contributed by atoms with Crippen LogP contribution in [-0.2, 0) is 6.54 Å². The van der Waals surface area contributed by atoms with Crippen LogP contribution >= 0.6 is 0 Å². The van der Waals surface area contributed by atoms with Crippen LogP contribution in [0, 0.1) is 6.92 Å². The first kappa shape index (κ1) is 15.3. The summed E-state index contributed by atoms with van der Waals surface area (Å²) in [7, 11) is 0. The summed E-state index contributed by atoms with van der Waals surface area (Å²) in [6, 6.07) is 12.0. The highest BCUT2D eigenvalue weighted by atomic mass is 16.5. The Morgan fingerprint density at radius 2 is 1.86 bits per heavy atom. The van der Waals surface area contributed by atoms with Gasteiger partial charge < -0.3 is 14.8 Å². The molecule has 0 saturated heterocycles. The number of nitrogens with zero attached hydrogens (tertiary/aromatic N) is 1. The Morgan fingerprint density at radius 3 is 2.57 bits per heavy atom. The largest absolute Gasteiger partial charge is 0.490 e. The molecule has 0 bridgehead atoms. The van der Waals surface area contributed by atoms with Gasteiger partial charge in [-0.2, -0.15) is 0 Å². The van der Waals surface area contributed by atoms with Crippen molar-refractivity contribution in [2.45, 2.75) is 20.4 Å². The number of aromatic nitrogens is 1. The van der Waals surface area contributed by atoms with Crippen molar-refractivity contribution in [2.75, 3.05) is 19.8 Å². The highest BCUT2D eigenvalue weighted by Crippen LogP contribution is 2.13. The molecule has 0 aliphatic carbocycles. The molecule has 0 saturated carbocycles. The molecular weight excluding hydrogens is 264 g/mol. The van der Waals surface area contributed by atoms with Gasteiger partial charge in [0.1, 0.15) is 24.7 Å². The first-order chi connectivity index (χ1) is 10.3. The van der Waals surface area contributed by atoms with Crippen molar-refractivity contribution in [3.8, 4) is 11.5 Å². The van der Waals surface area contributed by atoms with E-state index in [1.807, 2.05) is 31.2 Å². The second kappa shape index (κ2) is 8.27. The summed E-state index contributed by atoms with van der Waals surface area (Å²) in [6.07, 6.45) is 1.73. The average Bonchev–Trinajstić information content (AvgIpc) is 2.52. The lowest BCUT2D eigenvalue weighted by Gasteiger charge is -2.09. The summed E-state index contributed by atoms with van der Waals surface area (Å²) < 4.78 is 11.3. The van der Waals surface area contributed by atoms with Crippen molar-refractivity contribution >= 4 is 0 Å². The SMILES string of the molecule is CCNCc1cccc(OCCOc2ccc(C)nc2)c1. The van der Waals surface area contributed by atoms with E-state index in [9.17, 15) is 0 Å². The summed E-state index contributed by atoms with van der Waals surface area (Å²) in [5.74, 6) is 1.64. The molecule has 0 aliphatic heterocycles. The Labute approximate surface area is 126 Å². The molecular formula is C17H22N2O2. The molecule has 0 atom stereocenters. The van der Waals surface area contributed by atoms with Gasteiger partial charge in [0.2, 0.25) is 0 Å². The molecule has 1 heterocycles. The van der Waals surface area contributed by atoms with Gasteiger partial charge in [0.15, 0.2) is 0 Å². The van der Waals surface area contributed by atoms with Crippen LogP contribution in [0.2, 0.25) is 0 Å². The molecule has 1 aromatic heterocycles. The normalized spacial score (nSPS) is 10.4. The van der Waals surface area contributed by atoms with E-state index in [-0.39, 0.29) is 0 Å². The number of hydrogen-bond acceptors (Lipinski definition) is 4. The number of rotatable bonds is 8. The Hall–Kier alpha value is -2.07. The second-order valence-electron chi connectivity index (χ2n) is 4.76. The van der Waals surface area contributed by atoms with Crippen LogP contribution in [0.5, 0.6) is 11.5 Å². The van der Waals surface area contributed by atoms with Crippen molar-refractivity contribution in [3.05, 3.63) is 53.9 Å². The van der Waals surface area contributed by atoms with Gasteiger partial charge in [-0.15, -0.1) is 0 Å². The molecule has 0 radical (unpaired) electrons. The molecule has 0 unspecified atom stereocenters. The van der Waals surface area contributed by atoms with Gasteiger partial charge in [-0.3, -0.25) is 4.98 Å². The van der Waals surface area contributed by atoms with Crippen molar-refractivity contribution in [1.29, 1.82) is 0 Å². The number of benzene rings is 1. The maximum Gasteiger partial charge on any atom is 0.137 e. The Kier molecular flexibility index (Phi) is 6.03. The molecule has 0 amide bonds. The van der Waals surface area contributed by atoms with Gasteiger partial charge in [0, 0.05) is 12.2 Å². The highest BCUT2D eigenvalue weighted by molar-refractivity contribution is 5.28. The summed E-state index contributed by atoms with van der Waals surface area (Å²) >= 11 is 0. The van der Waals surface area contributed by atoms with Gasteiger partial charge in [-0.1, -0.05) is 19.1 Å². The monoisotopic (exact) mass is 286 g/mol. The zero-order valence-corrected chi connectivity index (χ0v) is 12.6. The third kappa shape index (κ3) is 5.44. The molecule has 4 heteroatoms. The van der Waals surface area contributed by atoms with Crippen molar-refractivity contribution in [3.63, 3.8) is 0 Å². The lowest BCUT2D eigenvalue weighted by Crippen LogP contribution is -2.12. The van der Waals surface area contributed by atoms with E-state index in [0.29, 0.717) is 13.2 Å². The number of hydrogen-bond donors (Lipinski definition) is 1. The van der Waals surface area contributed by atoms with E-state index < -0.39 is 0 Å². The van der Waals surface area contributed by atoms with E-state index >= 15 is 0 Å². The first-order valence-electron chi connectivity index (χ1n) is 7.26. The molecule has 1 N–H and O–H groups in total. The Morgan fingerprint density at radius 1 is 1.05 bits per heavy atom. The maximum atomic E-state index is 5.70. The Balaban J connectivity index is 1.74. The fourth-order valence-corrected chi connectivity index (χ4v) is 1.87. The third-order valence-corrected chi connectivity index (χ3v) is 2.98. The zero-order valence-electron chi connectivity index (χ0n) is 12.6. The number of nitrogens with one attached hydrogen (secondary N) is 1. The van der Waals surface area contributed by atoms with Crippen LogP contribution in [0.1, 0.15) is 18.2 Å². The quantitative estimate of drug-likeness (QED) is 0.758. The molecule has 0 spiro atoms. The maximum absolute atomic E-state index is 5.70. The summed E-state index contributed by atoms with van der Waals surface area (Å²) in [5.41, 5.74) is 2.20. The van der Waals surface area contributed by atoms with Crippen LogP contribution in [-0.4, -0.2) is 24.7 Å². The van der Waals surface area contributed by atoms with E-state index in [4.69, 9.17) is 9.47 Å². The smallest absolute Gasteiger partial charge is 0.137 e. The van der Waals surface area contributed by atoms with E-state index in [1.54, 1.807) is 6.20 Å².